The summed E-state index contributed by atoms with van der Waals surface area (Å²) in [6.45, 7) is 4.52. The van der Waals surface area contributed by atoms with E-state index in [0.717, 1.165) is 29.9 Å². The van der Waals surface area contributed by atoms with Gasteiger partial charge in [-0.05, 0) is 32.1 Å². The Hall–Kier alpha value is -3.11. The Morgan fingerprint density at radius 2 is 2.03 bits per heavy atom. The Morgan fingerprint density at radius 1 is 1.24 bits per heavy atom. The largest absolute Gasteiger partial charge is 0.360 e. The zero-order valence-electron chi connectivity index (χ0n) is 18.9. The summed E-state index contributed by atoms with van der Waals surface area (Å²) in [5.74, 6) is 1.10. The van der Waals surface area contributed by atoms with E-state index in [9.17, 15) is 4.79 Å². The number of carbonyl (C=O) groups excluding carboxylic acids is 1. The molecule has 0 bridgehead atoms. The minimum Gasteiger partial charge on any atom is -0.360 e. The van der Waals surface area contributed by atoms with Crippen molar-refractivity contribution < 1.29 is 9.32 Å². The smallest absolute Gasteiger partial charge is 0.257 e. The average molecular weight is 498 g/mol. The Balaban J connectivity index is 1.35. The van der Waals surface area contributed by atoms with E-state index in [1.165, 1.54) is 24.6 Å². The van der Waals surface area contributed by atoms with E-state index in [4.69, 9.17) is 21.1 Å². The second-order valence-corrected chi connectivity index (χ2v) is 9.21. The summed E-state index contributed by atoms with van der Waals surface area (Å²) < 4.78 is 7.12. The molecule has 1 fully saturated rings. The molecule has 1 saturated heterocycles. The summed E-state index contributed by atoms with van der Waals surface area (Å²) in [7, 11) is 0. The number of aryl methyl sites for hydroxylation is 1. The molecule has 0 aliphatic carbocycles. The molecule has 0 radical (unpaired) electrons. The van der Waals surface area contributed by atoms with Crippen molar-refractivity contribution in [2.75, 3.05) is 30.8 Å². The van der Waals surface area contributed by atoms with E-state index in [-0.39, 0.29) is 5.91 Å². The molecular weight excluding hydrogens is 474 g/mol. The van der Waals surface area contributed by atoms with Crippen LogP contribution in [0.5, 0.6) is 0 Å². The fraction of sp³-hybridized carbons (Fsp3) is 0.348. The van der Waals surface area contributed by atoms with Gasteiger partial charge in [-0.25, -0.2) is 14.6 Å². The number of hydrogen-bond acceptors (Lipinski definition) is 8. The molecule has 4 heterocycles. The number of anilines is 1. The molecule has 3 aromatic heterocycles. The first-order valence-corrected chi connectivity index (χ1v) is 12.7. The molecule has 34 heavy (non-hydrogen) atoms. The van der Waals surface area contributed by atoms with Gasteiger partial charge in [0.05, 0.1) is 23.2 Å². The highest BCUT2D eigenvalue weighted by molar-refractivity contribution is 7.98. The molecule has 1 aliphatic heterocycles. The normalized spacial score (nSPS) is 13.7. The first-order chi connectivity index (χ1) is 16.6. The van der Waals surface area contributed by atoms with E-state index in [0.29, 0.717) is 45.8 Å². The van der Waals surface area contributed by atoms with E-state index >= 15 is 0 Å². The van der Waals surface area contributed by atoms with Crippen molar-refractivity contribution in [3.63, 3.8) is 0 Å². The number of rotatable bonds is 7. The summed E-state index contributed by atoms with van der Waals surface area (Å²) in [6.07, 6.45) is 6.11. The minimum atomic E-state index is -0.276. The number of nitrogens with one attached hydrogen (secondary N) is 1. The molecule has 0 saturated carbocycles. The van der Waals surface area contributed by atoms with Crippen LogP contribution in [0.15, 0.2) is 40.1 Å². The molecule has 4 aromatic rings. The predicted molar refractivity (Wildman–Crippen MR) is 133 cm³/mol. The van der Waals surface area contributed by atoms with Crippen molar-refractivity contribution in [2.45, 2.75) is 31.5 Å². The van der Waals surface area contributed by atoms with Gasteiger partial charge in [0.1, 0.15) is 22.8 Å². The second-order valence-electron chi connectivity index (χ2n) is 8.03. The summed E-state index contributed by atoms with van der Waals surface area (Å²) in [5, 5.41) is 13.7. The minimum absolute atomic E-state index is 0.276. The Bertz CT molecular complexity index is 1350. The highest BCUT2D eigenvalue weighted by atomic mass is 35.5. The van der Waals surface area contributed by atoms with Gasteiger partial charge >= 0.3 is 0 Å². The molecule has 1 aliphatic rings. The van der Waals surface area contributed by atoms with Gasteiger partial charge in [-0.2, -0.15) is 5.10 Å². The van der Waals surface area contributed by atoms with Gasteiger partial charge in [-0.3, -0.25) is 4.79 Å². The highest BCUT2D eigenvalue weighted by Crippen LogP contribution is 2.31. The molecule has 1 amide bonds. The third kappa shape index (κ3) is 4.23. The maximum Gasteiger partial charge on any atom is 0.257 e. The number of carbonyl (C=O) groups is 1. The average Bonchev–Trinajstić information content (AvgIpc) is 3.59. The lowest BCUT2D eigenvalue weighted by Crippen LogP contribution is -2.28. The maximum atomic E-state index is 13.0. The molecule has 1 aromatic carbocycles. The van der Waals surface area contributed by atoms with Gasteiger partial charge in [-0.15, -0.1) is 0 Å². The van der Waals surface area contributed by atoms with Gasteiger partial charge in [0, 0.05) is 25.2 Å². The van der Waals surface area contributed by atoms with Gasteiger partial charge in [0.2, 0.25) is 0 Å². The molecule has 176 valence electrons. The monoisotopic (exact) mass is 497 g/mol. The number of aromatic nitrogens is 5. The summed E-state index contributed by atoms with van der Waals surface area (Å²) in [4.78, 5) is 24.8. The lowest BCUT2D eigenvalue weighted by atomic mass is 10.1. The number of hydrogen-bond donors (Lipinski definition) is 1. The molecule has 9 nitrogen and oxygen atoms in total. The van der Waals surface area contributed by atoms with Crippen LogP contribution < -0.4 is 10.2 Å². The van der Waals surface area contributed by atoms with Crippen molar-refractivity contribution in [1.82, 2.24) is 30.2 Å². The fourth-order valence-electron chi connectivity index (χ4n) is 4.19. The van der Waals surface area contributed by atoms with E-state index in [2.05, 4.69) is 25.5 Å². The maximum absolute atomic E-state index is 13.0. The summed E-state index contributed by atoms with van der Waals surface area (Å²) in [5.41, 5.74) is 2.23. The third-order valence-corrected chi connectivity index (χ3v) is 6.75. The van der Waals surface area contributed by atoms with Crippen molar-refractivity contribution in [2.24, 2.45) is 0 Å². The van der Waals surface area contributed by atoms with Crippen LogP contribution in [0.1, 0.15) is 29.0 Å². The van der Waals surface area contributed by atoms with E-state index in [1.807, 2.05) is 35.3 Å². The summed E-state index contributed by atoms with van der Waals surface area (Å²) >= 11 is 7.82. The number of fused-ring (bicyclic) bond motifs is 1. The lowest BCUT2D eigenvalue weighted by molar-refractivity contribution is 0.0951. The summed E-state index contributed by atoms with van der Waals surface area (Å²) in [6, 6.07) is 7.24. The van der Waals surface area contributed by atoms with E-state index in [1.54, 1.807) is 13.0 Å². The van der Waals surface area contributed by atoms with Crippen LogP contribution in [0.3, 0.4) is 0 Å². The van der Waals surface area contributed by atoms with Gasteiger partial charge in [0.15, 0.2) is 10.8 Å². The van der Waals surface area contributed by atoms with Crippen LogP contribution >= 0.6 is 23.4 Å². The van der Waals surface area contributed by atoms with Crippen molar-refractivity contribution in [3.05, 3.63) is 46.8 Å². The van der Waals surface area contributed by atoms with Crippen LogP contribution in [-0.4, -0.2) is 56.7 Å². The molecule has 5 rings (SSSR count). The van der Waals surface area contributed by atoms with Gasteiger partial charge in [-0.1, -0.05) is 46.7 Å². The van der Waals surface area contributed by atoms with Crippen LogP contribution in [-0.2, 0) is 6.54 Å². The molecule has 0 atom stereocenters. The molecule has 1 N–H and O–H groups in total. The third-order valence-electron chi connectivity index (χ3n) is 5.87. The van der Waals surface area contributed by atoms with Gasteiger partial charge < -0.3 is 14.7 Å². The Labute approximate surface area is 205 Å². The first kappa shape index (κ1) is 22.7. The number of halogens is 1. The zero-order valence-corrected chi connectivity index (χ0v) is 20.5. The van der Waals surface area contributed by atoms with Crippen LogP contribution in [0, 0.1) is 6.92 Å². The Kier molecular flexibility index (Phi) is 6.42. The lowest BCUT2D eigenvalue weighted by Gasteiger charge is -2.17. The molecule has 0 spiro atoms. The molecule has 0 unspecified atom stereocenters. The number of benzene rings is 1. The molecular formula is C23H24ClN7O2S. The SMILES string of the molecule is CSc1nc(N2CCCC2)c2cnn(CCNC(=O)c3c(-c4ccccc4Cl)noc3C)c2n1. The zero-order chi connectivity index (χ0) is 23.7. The van der Waals surface area contributed by atoms with E-state index < -0.39 is 0 Å². The fourth-order valence-corrected chi connectivity index (χ4v) is 4.77. The standard InChI is InChI=1S/C23H24ClN7O2S/c1-14-18(19(29-33-14)15-7-3-4-8-17(15)24)22(32)25-9-12-31-21-16(13-26-31)20(27-23(28-21)34-2)30-10-5-6-11-30/h3-4,7-8,13H,5-6,9-12H2,1-2H3,(H,25,32). The highest BCUT2D eigenvalue weighted by Gasteiger charge is 2.23. The van der Waals surface area contributed by atoms with Gasteiger partial charge in [0.25, 0.3) is 5.91 Å². The van der Waals surface area contributed by atoms with Crippen LogP contribution in [0.25, 0.3) is 22.3 Å². The second kappa shape index (κ2) is 9.63. The topological polar surface area (TPSA) is 102 Å². The van der Waals surface area contributed by atoms with Crippen LogP contribution in [0.4, 0.5) is 5.82 Å². The molecule has 11 heteroatoms. The van der Waals surface area contributed by atoms with Crippen LogP contribution in [0.2, 0.25) is 5.02 Å². The predicted octanol–water partition coefficient (Wildman–Crippen LogP) is 4.20. The number of thioether (sulfide) groups is 1. The van der Waals surface area contributed by atoms with Crippen molar-refractivity contribution in [3.8, 4) is 11.3 Å². The Morgan fingerprint density at radius 3 is 2.79 bits per heavy atom. The number of nitrogens with zero attached hydrogens (tertiary/aromatic N) is 6. The quantitative estimate of drug-likeness (QED) is 0.299. The number of amides is 1. The first-order valence-electron chi connectivity index (χ1n) is 11.1. The van der Waals surface area contributed by atoms with Crippen molar-refractivity contribution >= 4 is 46.1 Å². The van der Waals surface area contributed by atoms with Crippen molar-refractivity contribution in [1.29, 1.82) is 0 Å².